The van der Waals surface area contributed by atoms with E-state index in [-0.39, 0.29) is 11.6 Å². The van der Waals surface area contributed by atoms with Crippen molar-refractivity contribution >= 4 is 23.6 Å². The Morgan fingerprint density at radius 1 is 0.857 bits per heavy atom. The Labute approximate surface area is 122 Å². The predicted molar refractivity (Wildman–Crippen MR) is 81.5 cm³/mol. The fourth-order valence-electron chi connectivity index (χ4n) is 2.39. The van der Waals surface area contributed by atoms with E-state index in [0.29, 0.717) is 22.3 Å². The second-order valence-corrected chi connectivity index (χ2v) is 5.20. The number of carbonyl (C=O) groups excluding carboxylic acids is 2. The van der Waals surface area contributed by atoms with Crippen LogP contribution in [-0.4, -0.2) is 36.6 Å². The third-order valence-electron chi connectivity index (χ3n) is 3.41. The maximum absolute atomic E-state index is 12.5. The Kier molecular flexibility index (Phi) is 3.14. The third kappa shape index (κ3) is 2.25. The van der Waals surface area contributed by atoms with Crippen molar-refractivity contribution in [2.75, 3.05) is 19.4 Å². The van der Waals surface area contributed by atoms with E-state index in [9.17, 15) is 9.59 Å². The maximum atomic E-state index is 12.5. The molecule has 104 valence electrons. The number of nitrogens with one attached hydrogen (secondary N) is 1. The minimum Gasteiger partial charge on any atom is -0.289 e. The van der Waals surface area contributed by atoms with Crippen LogP contribution in [0.15, 0.2) is 42.5 Å². The first kappa shape index (κ1) is 13.2. The van der Waals surface area contributed by atoms with Crippen molar-refractivity contribution < 1.29 is 14.2 Å². The molecule has 4 heteroatoms. The van der Waals surface area contributed by atoms with Crippen molar-refractivity contribution in [2.24, 2.45) is 0 Å². The van der Waals surface area contributed by atoms with Gasteiger partial charge in [-0.05, 0) is 18.2 Å². The molecule has 0 bridgehead atoms. The summed E-state index contributed by atoms with van der Waals surface area (Å²) >= 11 is 0. The second-order valence-electron chi connectivity index (χ2n) is 5.20. The molecular weight excluding hydrogens is 264 g/mol. The van der Waals surface area contributed by atoms with E-state index >= 15 is 0 Å². The molecule has 0 unspecified atom stereocenters. The summed E-state index contributed by atoms with van der Waals surface area (Å²) in [7, 11) is 3.80. The van der Waals surface area contributed by atoms with Gasteiger partial charge in [0.05, 0.1) is 14.1 Å². The molecule has 21 heavy (non-hydrogen) atoms. The average Bonchev–Trinajstić information content (AvgIpc) is 2.50. The van der Waals surface area contributed by atoms with Gasteiger partial charge < -0.3 is 0 Å². The fraction of sp³-hybridized carbons (Fsp3) is 0.118. The first-order chi connectivity index (χ1) is 10.1. The molecule has 0 aromatic heterocycles. The van der Waals surface area contributed by atoms with Crippen molar-refractivity contribution in [3.05, 3.63) is 64.7 Å². The van der Waals surface area contributed by atoms with Gasteiger partial charge in [-0.3, -0.25) is 14.2 Å². The summed E-state index contributed by atoms with van der Waals surface area (Å²) in [5, 5.41) is 3.09. The Morgan fingerprint density at radius 2 is 1.43 bits per heavy atom. The number of anilines is 1. The van der Waals surface area contributed by atoms with Gasteiger partial charge in [0.2, 0.25) is 6.34 Å². The van der Waals surface area contributed by atoms with Crippen LogP contribution in [0.3, 0.4) is 0 Å². The van der Waals surface area contributed by atoms with Gasteiger partial charge in [-0.2, -0.15) is 0 Å². The van der Waals surface area contributed by atoms with Crippen LogP contribution in [0.2, 0.25) is 0 Å². The zero-order valence-corrected chi connectivity index (χ0v) is 11.9. The first-order valence-corrected chi connectivity index (χ1v) is 6.66. The summed E-state index contributed by atoms with van der Waals surface area (Å²) < 4.78 is 1.86. The topological polar surface area (TPSA) is 49.2 Å². The van der Waals surface area contributed by atoms with Gasteiger partial charge in [0.25, 0.3) is 0 Å². The van der Waals surface area contributed by atoms with Crippen molar-refractivity contribution in [3.8, 4) is 0 Å². The quantitative estimate of drug-likeness (QED) is 0.444. The number of hydrogen-bond acceptors (Lipinski definition) is 2. The zero-order valence-electron chi connectivity index (χ0n) is 11.9. The van der Waals surface area contributed by atoms with E-state index in [0.717, 1.165) is 5.69 Å². The molecule has 1 N–H and O–H groups in total. The lowest BCUT2D eigenvalue weighted by molar-refractivity contribution is -0.459. The molecule has 0 atom stereocenters. The highest BCUT2D eigenvalue weighted by Crippen LogP contribution is 2.28. The summed E-state index contributed by atoms with van der Waals surface area (Å²) in [5.74, 6) is -0.197. The van der Waals surface area contributed by atoms with Crippen LogP contribution < -0.4 is 5.32 Å². The zero-order chi connectivity index (χ0) is 15.0. The van der Waals surface area contributed by atoms with Crippen LogP contribution in [0, 0.1) is 0 Å². The smallest absolute Gasteiger partial charge is 0.236 e. The molecular formula is C17H15N2O2+. The Bertz CT molecular complexity index is 787. The van der Waals surface area contributed by atoms with Gasteiger partial charge in [-0.25, -0.2) is 5.32 Å². The molecule has 4 nitrogen and oxygen atoms in total. The summed E-state index contributed by atoms with van der Waals surface area (Å²) in [5.41, 5.74) is 2.66. The minimum absolute atomic E-state index is 0.0941. The van der Waals surface area contributed by atoms with Crippen LogP contribution in [0.5, 0.6) is 0 Å². The first-order valence-electron chi connectivity index (χ1n) is 6.66. The SMILES string of the molecule is C[N+](C)=CNc1ccc2c(c1)C(=O)c1ccccc1C2=O. The Balaban J connectivity index is 2.09. The maximum Gasteiger partial charge on any atom is 0.236 e. The molecule has 3 rings (SSSR count). The molecule has 1 aliphatic rings. The van der Waals surface area contributed by atoms with E-state index < -0.39 is 0 Å². The minimum atomic E-state index is -0.103. The predicted octanol–water partition coefficient (Wildman–Crippen LogP) is 2.17. The van der Waals surface area contributed by atoms with Crippen LogP contribution in [0.4, 0.5) is 5.69 Å². The molecule has 1 aliphatic carbocycles. The largest absolute Gasteiger partial charge is 0.289 e. The molecule has 2 aromatic carbocycles. The van der Waals surface area contributed by atoms with Crippen LogP contribution in [0.1, 0.15) is 31.8 Å². The average molecular weight is 279 g/mol. The van der Waals surface area contributed by atoms with E-state index in [1.165, 1.54) is 0 Å². The molecule has 0 amide bonds. The number of hydrogen-bond donors (Lipinski definition) is 1. The number of nitrogens with zero attached hydrogens (tertiary/aromatic N) is 1. The Hall–Kier alpha value is -2.75. The normalized spacial score (nSPS) is 12.5. The second kappa shape index (κ2) is 4.98. The lowest BCUT2D eigenvalue weighted by atomic mass is 9.84. The standard InChI is InChI=1S/C17H14N2O2/c1-19(2)10-18-11-7-8-14-15(9-11)17(21)13-6-4-3-5-12(13)16(14)20/h3-10H,1-2H3/p+1. The third-order valence-corrected chi connectivity index (χ3v) is 3.41. The molecule has 0 fully saturated rings. The lowest BCUT2D eigenvalue weighted by Gasteiger charge is -2.17. The summed E-state index contributed by atoms with van der Waals surface area (Å²) in [6.07, 6.45) is 1.78. The molecule has 0 aliphatic heterocycles. The van der Waals surface area contributed by atoms with E-state index in [1.807, 2.05) is 18.7 Å². The molecule has 0 radical (unpaired) electrons. The highest BCUT2D eigenvalue weighted by molar-refractivity contribution is 6.28. The van der Waals surface area contributed by atoms with E-state index in [2.05, 4.69) is 5.32 Å². The van der Waals surface area contributed by atoms with E-state index in [1.54, 1.807) is 48.8 Å². The van der Waals surface area contributed by atoms with Crippen molar-refractivity contribution in [3.63, 3.8) is 0 Å². The molecule has 0 saturated heterocycles. The molecule has 0 spiro atoms. The van der Waals surface area contributed by atoms with Crippen molar-refractivity contribution in [1.29, 1.82) is 0 Å². The van der Waals surface area contributed by atoms with Gasteiger partial charge in [0.1, 0.15) is 5.69 Å². The number of carbonyl (C=O) groups is 2. The van der Waals surface area contributed by atoms with Gasteiger partial charge in [-0.1, -0.05) is 24.3 Å². The van der Waals surface area contributed by atoms with E-state index in [4.69, 9.17) is 0 Å². The van der Waals surface area contributed by atoms with Crippen LogP contribution in [0.25, 0.3) is 0 Å². The summed E-state index contributed by atoms with van der Waals surface area (Å²) in [4.78, 5) is 25.0. The van der Waals surface area contributed by atoms with Crippen LogP contribution >= 0.6 is 0 Å². The summed E-state index contributed by atoms with van der Waals surface area (Å²) in [6, 6.07) is 12.2. The molecule has 0 saturated carbocycles. The van der Waals surface area contributed by atoms with Gasteiger partial charge >= 0.3 is 0 Å². The molecule has 2 aromatic rings. The summed E-state index contributed by atoms with van der Waals surface area (Å²) in [6.45, 7) is 0. The lowest BCUT2D eigenvalue weighted by Crippen LogP contribution is -2.21. The van der Waals surface area contributed by atoms with Gasteiger partial charge in [0.15, 0.2) is 11.6 Å². The van der Waals surface area contributed by atoms with Crippen LogP contribution in [-0.2, 0) is 0 Å². The number of benzene rings is 2. The van der Waals surface area contributed by atoms with Crippen molar-refractivity contribution in [2.45, 2.75) is 0 Å². The highest BCUT2D eigenvalue weighted by Gasteiger charge is 2.29. The number of rotatable bonds is 2. The Morgan fingerprint density at radius 3 is 2.05 bits per heavy atom. The molecule has 0 heterocycles. The monoisotopic (exact) mass is 279 g/mol. The fourth-order valence-corrected chi connectivity index (χ4v) is 2.39. The van der Waals surface area contributed by atoms with Gasteiger partial charge in [0, 0.05) is 22.3 Å². The number of fused-ring (bicyclic) bond motifs is 2. The van der Waals surface area contributed by atoms with Gasteiger partial charge in [-0.15, -0.1) is 0 Å². The van der Waals surface area contributed by atoms with Crippen molar-refractivity contribution in [1.82, 2.24) is 0 Å². The number of ketones is 2. The highest BCUT2D eigenvalue weighted by atomic mass is 16.1.